The number of esters is 1. The second-order valence-electron chi connectivity index (χ2n) is 4.87. The second-order valence-corrected chi connectivity index (χ2v) is 7.52. The predicted octanol–water partition coefficient (Wildman–Crippen LogP) is 2.07. The molecule has 0 aliphatic carbocycles. The van der Waals surface area contributed by atoms with Crippen molar-refractivity contribution in [3.63, 3.8) is 0 Å². The molecule has 1 aromatic carbocycles. The third-order valence-corrected chi connectivity index (χ3v) is 5.63. The standard InChI is InChI=1S/C17H15NO5S2/c1-12(19)14-7-5-13(6-8-14)4-3-10-18-25(21,22)15-9-11-24-16(15)17(20)23-2/h5-9,11,18H,10H2,1-2H3. The van der Waals surface area contributed by atoms with Crippen LogP contribution < -0.4 is 4.72 Å². The van der Waals surface area contributed by atoms with Crippen molar-refractivity contribution in [3.05, 3.63) is 51.7 Å². The molecule has 25 heavy (non-hydrogen) atoms. The van der Waals surface area contributed by atoms with E-state index in [0.717, 1.165) is 11.3 Å². The number of benzene rings is 1. The van der Waals surface area contributed by atoms with Crippen molar-refractivity contribution in [3.8, 4) is 11.8 Å². The van der Waals surface area contributed by atoms with Crippen LogP contribution in [0.3, 0.4) is 0 Å². The van der Waals surface area contributed by atoms with Crippen LogP contribution >= 0.6 is 11.3 Å². The summed E-state index contributed by atoms with van der Waals surface area (Å²) in [6.45, 7) is 1.36. The van der Waals surface area contributed by atoms with E-state index in [2.05, 4.69) is 21.3 Å². The van der Waals surface area contributed by atoms with Crippen molar-refractivity contribution in [1.82, 2.24) is 4.72 Å². The third kappa shape index (κ3) is 4.76. The molecule has 2 rings (SSSR count). The maximum absolute atomic E-state index is 12.2. The van der Waals surface area contributed by atoms with Crippen LogP contribution in [0.25, 0.3) is 0 Å². The van der Waals surface area contributed by atoms with Crippen molar-refractivity contribution < 1.29 is 22.7 Å². The van der Waals surface area contributed by atoms with Gasteiger partial charge in [0.05, 0.1) is 13.7 Å². The molecule has 0 saturated heterocycles. The van der Waals surface area contributed by atoms with Gasteiger partial charge < -0.3 is 4.74 Å². The molecule has 0 atom stereocenters. The highest BCUT2D eigenvalue weighted by molar-refractivity contribution is 7.89. The van der Waals surface area contributed by atoms with E-state index in [-0.39, 0.29) is 22.1 Å². The minimum atomic E-state index is -3.86. The number of methoxy groups -OCH3 is 1. The quantitative estimate of drug-likeness (QED) is 0.489. The molecule has 0 aliphatic heterocycles. The monoisotopic (exact) mass is 377 g/mol. The van der Waals surface area contributed by atoms with Gasteiger partial charge in [-0.2, -0.15) is 4.72 Å². The Balaban J connectivity index is 2.05. The van der Waals surface area contributed by atoms with Gasteiger partial charge >= 0.3 is 5.97 Å². The number of hydrogen-bond acceptors (Lipinski definition) is 6. The van der Waals surface area contributed by atoms with E-state index in [9.17, 15) is 18.0 Å². The first kappa shape index (κ1) is 18.9. The zero-order valence-electron chi connectivity index (χ0n) is 13.5. The molecule has 1 N–H and O–H groups in total. The van der Waals surface area contributed by atoms with E-state index in [4.69, 9.17) is 0 Å². The molecule has 0 bridgehead atoms. The molecule has 8 heteroatoms. The molecular weight excluding hydrogens is 362 g/mol. The van der Waals surface area contributed by atoms with Gasteiger partial charge in [0.25, 0.3) is 0 Å². The van der Waals surface area contributed by atoms with Crippen molar-refractivity contribution >= 4 is 33.1 Å². The Morgan fingerprint density at radius 1 is 1.20 bits per heavy atom. The predicted molar refractivity (Wildman–Crippen MR) is 94.2 cm³/mol. The maximum atomic E-state index is 12.2. The summed E-state index contributed by atoms with van der Waals surface area (Å²) in [5.41, 5.74) is 1.24. The number of thiophene rings is 1. The summed E-state index contributed by atoms with van der Waals surface area (Å²) in [5, 5.41) is 1.50. The van der Waals surface area contributed by atoms with Crippen LogP contribution in [0.5, 0.6) is 0 Å². The summed E-state index contributed by atoms with van der Waals surface area (Å²) in [7, 11) is -2.67. The molecule has 0 saturated carbocycles. The zero-order valence-corrected chi connectivity index (χ0v) is 15.2. The van der Waals surface area contributed by atoms with Crippen LogP contribution in [-0.4, -0.2) is 33.8 Å². The summed E-state index contributed by atoms with van der Waals surface area (Å²) in [6.07, 6.45) is 0. The highest BCUT2D eigenvalue weighted by Crippen LogP contribution is 2.22. The highest BCUT2D eigenvalue weighted by Gasteiger charge is 2.23. The molecular formula is C17H15NO5S2. The van der Waals surface area contributed by atoms with Crippen LogP contribution in [0.15, 0.2) is 40.6 Å². The van der Waals surface area contributed by atoms with E-state index >= 15 is 0 Å². The Kier molecular flexibility index (Phi) is 6.09. The van der Waals surface area contributed by atoms with Gasteiger partial charge in [-0.15, -0.1) is 11.3 Å². The van der Waals surface area contributed by atoms with Gasteiger partial charge in [0.15, 0.2) is 5.78 Å². The summed E-state index contributed by atoms with van der Waals surface area (Å²) in [4.78, 5) is 22.7. The van der Waals surface area contributed by atoms with Gasteiger partial charge in [-0.05, 0) is 30.5 Å². The zero-order chi connectivity index (χ0) is 18.4. The molecule has 0 radical (unpaired) electrons. The number of carbonyl (C=O) groups excluding carboxylic acids is 2. The summed E-state index contributed by atoms with van der Waals surface area (Å²) >= 11 is 0.992. The molecule has 2 aromatic rings. The van der Waals surface area contributed by atoms with Crippen molar-refractivity contribution in [1.29, 1.82) is 0 Å². The van der Waals surface area contributed by atoms with Gasteiger partial charge in [-0.3, -0.25) is 4.79 Å². The Hall–Kier alpha value is -2.47. The van der Waals surface area contributed by atoms with Crippen molar-refractivity contribution in [2.45, 2.75) is 11.8 Å². The van der Waals surface area contributed by atoms with E-state index in [1.165, 1.54) is 25.5 Å². The SMILES string of the molecule is COC(=O)c1sccc1S(=O)(=O)NCC#Cc1ccc(C(C)=O)cc1. The lowest BCUT2D eigenvalue weighted by molar-refractivity contribution is 0.0602. The average molecular weight is 377 g/mol. The van der Waals surface area contributed by atoms with Gasteiger partial charge in [-0.1, -0.05) is 24.0 Å². The molecule has 0 aliphatic rings. The molecule has 6 nitrogen and oxygen atoms in total. The molecule has 1 heterocycles. The Morgan fingerprint density at radius 2 is 1.88 bits per heavy atom. The van der Waals surface area contributed by atoms with Crippen molar-refractivity contribution in [2.75, 3.05) is 13.7 Å². The Morgan fingerprint density at radius 3 is 2.48 bits per heavy atom. The van der Waals surface area contributed by atoms with Gasteiger partial charge in [0, 0.05) is 11.1 Å². The second kappa shape index (κ2) is 8.07. The van der Waals surface area contributed by atoms with Crippen molar-refractivity contribution in [2.24, 2.45) is 0 Å². The number of ether oxygens (including phenoxy) is 1. The van der Waals surface area contributed by atoms with Gasteiger partial charge in [0.1, 0.15) is 9.77 Å². The van der Waals surface area contributed by atoms with Crippen LogP contribution in [0, 0.1) is 11.8 Å². The number of rotatable bonds is 5. The molecule has 1 aromatic heterocycles. The number of ketones is 1. The summed E-state index contributed by atoms with van der Waals surface area (Å²) in [6, 6.07) is 8.03. The number of sulfonamides is 1. The van der Waals surface area contributed by atoms with Crippen LogP contribution in [0.4, 0.5) is 0 Å². The largest absolute Gasteiger partial charge is 0.465 e. The number of nitrogens with one attached hydrogen (secondary N) is 1. The lowest BCUT2D eigenvalue weighted by atomic mass is 10.1. The Bertz CT molecular complexity index is 947. The molecule has 0 fully saturated rings. The molecule has 130 valence electrons. The smallest absolute Gasteiger partial charge is 0.349 e. The minimum Gasteiger partial charge on any atom is -0.465 e. The van der Waals surface area contributed by atoms with E-state index in [1.807, 2.05) is 0 Å². The van der Waals surface area contributed by atoms with Crippen LogP contribution in [0.1, 0.15) is 32.5 Å². The number of hydrogen-bond donors (Lipinski definition) is 1. The van der Waals surface area contributed by atoms with E-state index in [1.54, 1.807) is 24.3 Å². The van der Waals surface area contributed by atoms with Crippen LogP contribution in [-0.2, 0) is 14.8 Å². The topological polar surface area (TPSA) is 89.5 Å². The first-order chi connectivity index (χ1) is 11.8. The third-order valence-electron chi connectivity index (χ3n) is 3.16. The first-order valence-electron chi connectivity index (χ1n) is 7.10. The lowest BCUT2D eigenvalue weighted by Gasteiger charge is -2.04. The average Bonchev–Trinajstić information content (AvgIpc) is 3.09. The molecule has 0 unspecified atom stereocenters. The van der Waals surface area contributed by atoms with E-state index < -0.39 is 16.0 Å². The molecule has 0 spiro atoms. The summed E-state index contributed by atoms with van der Waals surface area (Å²) in [5.74, 6) is 4.75. The fraction of sp³-hybridized carbons (Fsp3) is 0.176. The Labute approximate surface area is 149 Å². The maximum Gasteiger partial charge on any atom is 0.349 e. The van der Waals surface area contributed by atoms with Gasteiger partial charge in [-0.25, -0.2) is 13.2 Å². The highest BCUT2D eigenvalue weighted by atomic mass is 32.2. The number of carbonyl (C=O) groups is 2. The fourth-order valence-corrected chi connectivity index (χ4v) is 4.15. The lowest BCUT2D eigenvalue weighted by Crippen LogP contribution is -2.25. The van der Waals surface area contributed by atoms with Gasteiger partial charge in [0.2, 0.25) is 10.0 Å². The fourth-order valence-electron chi connectivity index (χ4n) is 1.89. The summed E-state index contributed by atoms with van der Waals surface area (Å²) < 4.78 is 31.4. The first-order valence-corrected chi connectivity index (χ1v) is 9.47. The molecule has 0 amide bonds. The van der Waals surface area contributed by atoms with E-state index in [0.29, 0.717) is 11.1 Å². The van der Waals surface area contributed by atoms with Crippen LogP contribution in [0.2, 0.25) is 0 Å². The normalized spacial score (nSPS) is 10.6. The minimum absolute atomic E-state index is 0.0165. The number of Topliss-reactive ketones (excluding diaryl/α,β-unsaturated/α-hetero) is 1.